The zero-order valence-electron chi connectivity index (χ0n) is 9.52. The Morgan fingerprint density at radius 2 is 1.47 bits per heavy atom. The van der Waals surface area contributed by atoms with E-state index in [4.69, 9.17) is 0 Å². The van der Waals surface area contributed by atoms with E-state index in [-0.39, 0.29) is 11.1 Å². The van der Waals surface area contributed by atoms with Crippen molar-refractivity contribution in [3.05, 3.63) is 58.9 Å². The lowest BCUT2D eigenvalue weighted by atomic mass is 9.98. The molecular formula is C14H11F3. The summed E-state index contributed by atoms with van der Waals surface area (Å²) < 4.78 is 40.5. The summed E-state index contributed by atoms with van der Waals surface area (Å²) in [6.45, 7) is 3.21. The number of aryl methyl sites for hydroxylation is 2. The smallest absolute Gasteiger partial charge is 0.134 e. The molecule has 0 heterocycles. The summed E-state index contributed by atoms with van der Waals surface area (Å²) in [5.74, 6) is -1.88. The van der Waals surface area contributed by atoms with Crippen LogP contribution in [0.2, 0.25) is 0 Å². The molecule has 0 aliphatic rings. The molecule has 2 aromatic carbocycles. The molecule has 2 aromatic rings. The Hall–Kier alpha value is -1.77. The summed E-state index contributed by atoms with van der Waals surface area (Å²) in [4.78, 5) is 0. The zero-order chi connectivity index (χ0) is 12.6. The standard InChI is InChI=1S/C14H11F3/c1-8-4-3-5-11(15)14(8)10-6-9(2)12(16)7-13(10)17/h3-7H,1-2H3. The van der Waals surface area contributed by atoms with Gasteiger partial charge in [-0.1, -0.05) is 12.1 Å². The highest BCUT2D eigenvalue weighted by molar-refractivity contribution is 5.69. The Labute approximate surface area is 97.7 Å². The van der Waals surface area contributed by atoms with E-state index >= 15 is 0 Å². The van der Waals surface area contributed by atoms with Crippen LogP contribution >= 0.6 is 0 Å². The van der Waals surface area contributed by atoms with Gasteiger partial charge in [0, 0.05) is 17.2 Å². The molecule has 0 radical (unpaired) electrons. The summed E-state index contributed by atoms with van der Waals surface area (Å²) >= 11 is 0. The summed E-state index contributed by atoms with van der Waals surface area (Å²) in [7, 11) is 0. The van der Waals surface area contributed by atoms with E-state index in [2.05, 4.69) is 0 Å². The third kappa shape index (κ3) is 2.05. The largest absolute Gasteiger partial charge is 0.207 e. The Morgan fingerprint density at radius 1 is 0.765 bits per heavy atom. The van der Waals surface area contributed by atoms with E-state index in [0.29, 0.717) is 11.1 Å². The van der Waals surface area contributed by atoms with Gasteiger partial charge >= 0.3 is 0 Å². The molecule has 0 saturated heterocycles. The van der Waals surface area contributed by atoms with Crippen LogP contribution in [0.15, 0.2) is 30.3 Å². The Balaban J connectivity index is 2.73. The maximum atomic E-state index is 13.7. The van der Waals surface area contributed by atoms with Gasteiger partial charge in [-0.3, -0.25) is 0 Å². The van der Waals surface area contributed by atoms with Crippen molar-refractivity contribution in [1.82, 2.24) is 0 Å². The van der Waals surface area contributed by atoms with Crippen molar-refractivity contribution in [2.24, 2.45) is 0 Å². The molecule has 0 saturated carbocycles. The van der Waals surface area contributed by atoms with Crippen LogP contribution in [-0.4, -0.2) is 0 Å². The van der Waals surface area contributed by atoms with Gasteiger partial charge in [0.1, 0.15) is 17.5 Å². The SMILES string of the molecule is Cc1cc(-c2c(C)cccc2F)c(F)cc1F. The molecular weight excluding hydrogens is 225 g/mol. The first-order valence-corrected chi connectivity index (χ1v) is 5.22. The van der Waals surface area contributed by atoms with Crippen molar-refractivity contribution in [2.45, 2.75) is 13.8 Å². The molecule has 17 heavy (non-hydrogen) atoms. The number of halogens is 3. The van der Waals surface area contributed by atoms with Crippen LogP contribution in [0, 0.1) is 31.3 Å². The van der Waals surface area contributed by atoms with Crippen LogP contribution in [-0.2, 0) is 0 Å². The van der Waals surface area contributed by atoms with Gasteiger partial charge < -0.3 is 0 Å². The minimum atomic E-state index is -0.749. The minimum Gasteiger partial charge on any atom is -0.207 e. The molecule has 0 unspecified atom stereocenters. The van der Waals surface area contributed by atoms with Gasteiger partial charge in [0.2, 0.25) is 0 Å². The van der Waals surface area contributed by atoms with Gasteiger partial charge in [0.05, 0.1) is 0 Å². The Morgan fingerprint density at radius 3 is 2.12 bits per heavy atom. The first-order valence-electron chi connectivity index (χ1n) is 5.22. The van der Waals surface area contributed by atoms with Gasteiger partial charge in [-0.2, -0.15) is 0 Å². The van der Waals surface area contributed by atoms with Crippen molar-refractivity contribution >= 4 is 0 Å². The van der Waals surface area contributed by atoms with Gasteiger partial charge in [-0.15, -0.1) is 0 Å². The lowest BCUT2D eigenvalue weighted by Gasteiger charge is -2.10. The predicted octanol–water partition coefficient (Wildman–Crippen LogP) is 4.39. The molecule has 0 atom stereocenters. The summed E-state index contributed by atoms with van der Waals surface area (Å²) in [6.07, 6.45) is 0. The van der Waals surface area contributed by atoms with E-state index in [0.717, 1.165) is 6.07 Å². The van der Waals surface area contributed by atoms with Crippen molar-refractivity contribution < 1.29 is 13.2 Å². The van der Waals surface area contributed by atoms with E-state index in [9.17, 15) is 13.2 Å². The summed E-state index contributed by atoms with van der Waals surface area (Å²) in [5.41, 5.74) is 1.20. The molecule has 0 aliphatic heterocycles. The maximum absolute atomic E-state index is 13.7. The van der Waals surface area contributed by atoms with E-state index < -0.39 is 17.5 Å². The summed E-state index contributed by atoms with van der Waals surface area (Å²) in [6, 6.07) is 6.63. The molecule has 0 aromatic heterocycles. The molecule has 0 nitrogen and oxygen atoms in total. The van der Waals surface area contributed by atoms with Crippen LogP contribution in [0.25, 0.3) is 11.1 Å². The highest BCUT2D eigenvalue weighted by Crippen LogP contribution is 2.30. The second kappa shape index (κ2) is 4.24. The highest BCUT2D eigenvalue weighted by atomic mass is 19.1. The van der Waals surface area contributed by atoms with E-state index in [1.54, 1.807) is 19.1 Å². The van der Waals surface area contributed by atoms with Crippen molar-refractivity contribution in [3.63, 3.8) is 0 Å². The molecule has 0 aliphatic carbocycles. The average molecular weight is 236 g/mol. The van der Waals surface area contributed by atoms with Crippen molar-refractivity contribution in [3.8, 4) is 11.1 Å². The Bertz CT molecular complexity index is 554. The Kier molecular flexibility index (Phi) is 2.92. The second-order valence-corrected chi connectivity index (χ2v) is 4.01. The molecule has 3 heteroatoms. The monoisotopic (exact) mass is 236 g/mol. The molecule has 0 amide bonds. The molecule has 88 valence electrons. The van der Waals surface area contributed by atoms with E-state index in [1.165, 1.54) is 19.1 Å². The first-order chi connectivity index (χ1) is 8.00. The van der Waals surface area contributed by atoms with Gasteiger partial charge in [0.15, 0.2) is 0 Å². The van der Waals surface area contributed by atoms with Gasteiger partial charge in [-0.25, -0.2) is 13.2 Å². The molecule has 0 spiro atoms. The van der Waals surface area contributed by atoms with Crippen LogP contribution in [0.5, 0.6) is 0 Å². The van der Waals surface area contributed by atoms with Crippen LogP contribution < -0.4 is 0 Å². The fraction of sp³-hybridized carbons (Fsp3) is 0.143. The number of benzene rings is 2. The minimum absolute atomic E-state index is 0.0968. The van der Waals surface area contributed by atoms with Crippen LogP contribution in [0.1, 0.15) is 11.1 Å². The maximum Gasteiger partial charge on any atom is 0.134 e. The molecule has 0 N–H and O–H groups in total. The van der Waals surface area contributed by atoms with E-state index in [1.807, 2.05) is 0 Å². The van der Waals surface area contributed by atoms with Crippen molar-refractivity contribution in [2.75, 3.05) is 0 Å². The first kappa shape index (κ1) is 11.7. The topological polar surface area (TPSA) is 0 Å². The predicted molar refractivity (Wildman–Crippen MR) is 61.2 cm³/mol. The second-order valence-electron chi connectivity index (χ2n) is 4.01. The third-order valence-electron chi connectivity index (χ3n) is 2.74. The van der Waals surface area contributed by atoms with Gasteiger partial charge in [-0.05, 0) is 37.1 Å². The zero-order valence-corrected chi connectivity index (χ0v) is 9.52. The average Bonchev–Trinajstić information content (AvgIpc) is 2.25. The molecule has 2 rings (SSSR count). The number of hydrogen-bond donors (Lipinski definition) is 0. The van der Waals surface area contributed by atoms with Crippen LogP contribution in [0.4, 0.5) is 13.2 Å². The molecule has 0 fully saturated rings. The number of rotatable bonds is 1. The number of hydrogen-bond acceptors (Lipinski definition) is 0. The normalized spacial score (nSPS) is 10.6. The van der Waals surface area contributed by atoms with Crippen LogP contribution in [0.3, 0.4) is 0 Å². The quantitative estimate of drug-likeness (QED) is 0.689. The lowest BCUT2D eigenvalue weighted by molar-refractivity contribution is 0.577. The summed E-state index contributed by atoms with van der Waals surface area (Å²) in [5, 5.41) is 0. The molecule has 0 bridgehead atoms. The fourth-order valence-corrected chi connectivity index (χ4v) is 1.82. The lowest BCUT2D eigenvalue weighted by Crippen LogP contribution is -1.95. The fourth-order valence-electron chi connectivity index (χ4n) is 1.82. The van der Waals surface area contributed by atoms with Gasteiger partial charge in [0.25, 0.3) is 0 Å². The third-order valence-corrected chi connectivity index (χ3v) is 2.74. The van der Waals surface area contributed by atoms with Crippen molar-refractivity contribution in [1.29, 1.82) is 0 Å². The highest BCUT2D eigenvalue weighted by Gasteiger charge is 2.14.